The standard InChI is InChI=1S/C26H26F2N6O2/c1-15(35)32-8-5-21-20(13-32)26(31-30-21)34-7-3-4-16-10-17(19(25(27)28)11-22(16)34)18-12-24-29-6-9-33(24)14-23(18)36-2/h6,9-12,14,25H,3-5,7-8,13H2,1-2H3,(H,30,31). The highest BCUT2D eigenvalue weighted by molar-refractivity contribution is 5.81. The first kappa shape index (κ1) is 22.5. The van der Waals surface area contributed by atoms with Crippen molar-refractivity contribution in [1.29, 1.82) is 0 Å². The van der Waals surface area contributed by atoms with E-state index in [1.54, 1.807) is 46.9 Å². The molecule has 0 saturated heterocycles. The molecular formula is C26H26F2N6O2. The van der Waals surface area contributed by atoms with Gasteiger partial charge in [0.2, 0.25) is 5.91 Å². The number of carbonyl (C=O) groups is 1. The lowest BCUT2D eigenvalue weighted by Gasteiger charge is -2.33. The molecule has 4 aromatic rings. The van der Waals surface area contributed by atoms with Gasteiger partial charge in [0.25, 0.3) is 6.43 Å². The van der Waals surface area contributed by atoms with Gasteiger partial charge in [0.05, 0.1) is 19.9 Å². The van der Waals surface area contributed by atoms with E-state index < -0.39 is 6.43 Å². The number of methoxy groups -OCH3 is 1. The molecule has 1 N–H and O–H groups in total. The molecule has 186 valence electrons. The maximum Gasteiger partial charge on any atom is 0.264 e. The van der Waals surface area contributed by atoms with Crippen LogP contribution in [0.5, 0.6) is 5.75 Å². The van der Waals surface area contributed by atoms with Crippen LogP contribution in [0.3, 0.4) is 0 Å². The Bertz CT molecular complexity index is 1480. The summed E-state index contributed by atoms with van der Waals surface area (Å²) < 4.78 is 36.4. The van der Waals surface area contributed by atoms with Gasteiger partial charge in [0.1, 0.15) is 11.4 Å². The van der Waals surface area contributed by atoms with Crippen LogP contribution in [-0.2, 0) is 24.2 Å². The van der Waals surface area contributed by atoms with E-state index in [1.165, 1.54) is 7.11 Å². The van der Waals surface area contributed by atoms with Gasteiger partial charge >= 0.3 is 0 Å². The summed E-state index contributed by atoms with van der Waals surface area (Å²) in [7, 11) is 1.54. The number of imidazole rings is 1. The molecule has 2 aliphatic heterocycles. The highest BCUT2D eigenvalue weighted by Crippen LogP contribution is 2.44. The van der Waals surface area contributed by atoms with Crippen LogP contribution in [0.15, 0.2) is 36.8 Å². The van der Waals surface area contributed by atoms with E-state index in [-0.39, 0.29) is 11.5 Å². The number of benzene rings is 1. The molecule has 5 heterocycles. The number of pyridine rings is 1. The summed E-state index contributed by atoms with van der Waals surface area (Å²) in [5.74, 6) is 1.22. The van der Waals surface area contributed by atoms with E-state index in [0.29, 0.717) is 54.4 Å². The summed E-state index contributed by atoms with van der Waals surface area (Å²) in [5.41, 5.74) is 5.28. The third-order valence-electron chi connectivity index (χ3n) is 7.22. The minimum Gasteiger partial charge on any atom is -0.495 e. The number of hydrogen-bond acceptors (Lipinski definition) is 5. The Morgan fingerprint density at radius 2 is 2.03 bits per heavy atom. The first-order valence-corrected chi connectivity index (χ1v) is 12.0. The number of nitrogens with zero attached hydrogens (tertiary/aromatic N) is 5. The molecular weight excluding hydrogens is 466 g/mol. The molecule has 10 heteroatoms. The molecule has 0 radical (unpaired) electrons. The fourth-order valence-corrected chi connectivity index (χ4v) is 5.37. The quantitative estimate of drug-likeness (QED) is 0.448. The summed E-state index contributed by atoms with van der Waals surface area (Å²) in [4.78, 5) is 20.1. The fraction of sp³-hybridized carbons (Fsp3) is 0.346. The number of carbonyl (C=O) groups excluding carboxylic acids is 1. The molecule has 0 saturated carbocycles. The largest absolute Gasteiger partial charge is 0.495 e. The third kappa shape index (κ3) is 3.59. The van der Waals surface area contributed by atoms with Crippen LogP contribution >= 0.6 is 0 Å². The summed E-state index contributed by atoms with van der Waals surface area (Å²) in [6, 6.07) is 5.24. The van der Waals surface area contributed by atoms with E-state index in [1.807, 2.05) is 11.0 Å². The summed E-state index contributed by atoms with van der Waals surface area (Å²) in [6.45, 7) is 3.33. The second kappa shape index (κ2) is 8.61. The molecule has 36 heavy (non-hydrogen) atoms. The number of alkyl halides is 2. The monoisotopic (exact) mass is 492 g/mol. The van der Waals surface area contributed by atoms with Crippen LogP contribution in [0, 0.1) is 0 Å². The van der Waals surface area contributed by atoms with Gasteiger partial charge in [-0.05, 0) is 42.2 Å². The predicted octanol–water partition coefficient (Wildman–Crippen LogP) is 4.66. The normalized spacial score (nSPS) is 15.4. The van der Waals surface area contributed by atoms with Gasteiger partial charge in [0.15, 0.2) is 5.82 Å². The van der Waals surface area contributed by atoms with E-state index in [0.717, 1.165) is 35.3 Å². The summed E-state index contributed by atoms with van der Waals surface area (Å²) in [5, 5.41) is 7.68. The van der Waals surface area contributed by atoms with Crippen LogP contribution in [0.4, 0.5) is 20.3 Å². The zero-order valence-corrected chi connectivity index (χ0v) is 20.1. The Morgan fingerprint density at radius 3 is 2.81 bits per heavy atom. The number of ether oxygens (including phenoxy) is 1. The number of aryl methyl sites for hydroxylation is 1. The lowest BCUT2D eigenvalue weighted by Crippen LogP contribution is -2.35. The Labute approximate surface area is 206 Å². The van der Waals surface area contributed by atoms with Gasteiger partial charge in [-0.1, -0.05) is 0 Å². The number of aromatic amines is 1. The highest BCUT2D eigenvalue weighted by Gasteiger charge is 2.31. The number of amides is 1. The Kier molecular flexibility index (Phi) is 5.39. The SMILES string of the molecule is COc1cn2ccnc2cc1-c1cc2c(cc1C(F)F)N(c1n[nH]c3c1CN(C(C)=O)CC3)CCC2. The van der Waals surface area contributed by atoms with Gasteiger partial charge in [-0.3, -0.25) is 9.89 Å². The van der Waals surface area contributed by atoms with Crippen molar-refractivity contribution < 1.29 is 18.3 Å². The van der Waals surface area contributed by atoms with Crippen molar-refractivity contribution in [3.63, 3.8) is 0 Å². The maximum absolute atomic E-state index is 14.5. The van der Waals surface area contributed by atoms with Crippen LogP contribution in [0.25, 0.3) is 16.8 Å². The van der Waals surface area contributed by atoms with Crippen molar-refractivity contribution in [3.8, 4) is 16.9 Å². The minimum absolute atomic E-state index is 0.0138. The van der Waals surface area contributed by atoms with Crippen molar-refractivity contribution >= 4 is 23.1 Å². The predicted molar refractivity (Wildman–Crippen MR) is 131 cm³/mol. The van der Waals surface area contributed by atoms with Crippen molar-refractivity contribution in [3.05, 3.63) is 59.2 Å². The first-order chi connectivity index (χ1) is 17.4. The number of rotatable bonds is 4. The van der Waals surface area contributed by atoms with E-state index in [9.17, 15) is 13.6 Å². The number of aromatic nitrogens is 4. The molecule has 8 nitrogen and oxygen atoms in total. The number of halogens is 2. The van der Waals surface area contributed by atoms with Gasteiger partial charge < -0.3 is 18.9 Å². The Morgan fingerprint density at radius 1 is 1.17 bits per heavy atom. The molecule has 1 amide bonds. The molecule has 0 fully saturated rings. The average Bonchev–Trinajstić information content (AvgIpc) is 3.52. The summed E-state index contributed by atoms with van der Waals surface area (Å²) in [6.07, 6.45) is 4.84. The molecule has 2 aliphatic rings. The van der Waals surface area contributed by atoms with Gasteiger partial charge in [-0.25, -0.2) is 13.8 Å². The van der Waals surface area contributed by atoms with Gasteiger partial charge in [-0.2, -0.15) is 5.10 Å². The van der Waals surface area contributed by atoms with Crippen molar-refractivity contribution in [2.75, 3.05) is 25.1 Å². The number of nitrogens with one attached hydrogen (secondary N) is 1. The maximum atomic E-state index is 14.5. The fourth-order valence-electron chi connectivity index (χ4n) is 5.37. The topological polar surface area (TPSA) is 78.8 Å². The van der Waals surface area contributed by atoms with Crippen LogP contribution in [0.1, 0.15) is 42.2 Å². The highest BCUT2D eigenvalue weighted by atomic mass is 19.3. The smallest absolute Gasteiger partial charge is 0.264 e. The number of H-pyrrole nitrogens is 1. The van der Waals surface area contributed by atoms with E-state index in [2.05, 4.69) is 15.2 Å². The molecule has 1 aromatic carbocycles. The van der Waals surface area contributed by atoms with Crippen molar-refractivity contribution in [1.82, 2.24) is 24.5 Å². The number of fused-ring (bicyclic) bond motifs is 3. The van der Waals surface area contributed by atoms with Gasteiger partial charge in [-0.15, -0.1) is 0 Å². The van der Waals surface area contributed by atoms with Crippen molar-refractivity contribution in [2.45, 2.75) is 39.2 Å². The molecule has 0 bridgehead atoms. The Balaban J connectivity index is 1.48. The molecule has 0 atom stereocenters. The number of anilines is 2. The van der Waals surface area contributed by atoms with Crippen LogP contribution in [0.2, 0.25) is 0 Å². The average molecular weight is 493 g/mol. The van der Waals surface area contributed by atoms with E-state index >= 15 is 0 Å². The second-order valence-electron chi connectivity index (χ2n) is 9.27. The zero-order chi connectivity index (χ0) is 25.0. The lowest BCUT2D eigenvalue weighted by molar-refractivity contribution is -0.129. The summed E-state index contributed by atoms with van der Waals surface area (Å²) >= 11 is 0. The second-order valence-corrected chi connectivity index (χ2v) is 9.27. The van der Waals surface area contributed by atoms with Crippen molar-refractivity contribution in [2.24, 2.45) is 0 Å². The minimum atomic E-state index is -2.68. The molecule has 0 spiro atoms. The van der Waals surface area contributed by atoms with Crippen LogP contribution in [-0.4, -0.2) is 50.6 Å². The number of hydrogen-bond donors (Lipinski definition) is 1. The molecule has 0 aliphatic carbocycles. The van der Waals surface area contributed by atoms with E-state index in [4.69, 9.17) is 4.74 Å². The lowest BCUT2D eigenvalue weighted by atomic mass is 9.91. The van der Waals surface area contributed by atoms with Crippen LogP contribution < -0.4 is 9.64 Å². The van der Waals surface area contributed by atoms with Gasteiger partial charge in [0, 0.05) is 66.9 Å². The zero-order valence-electron chi connectivity index (χ0n) is 20.1. The third-order valence-corrected chi connectivity index (χ3v) is 7.22. The molecule has 3 aromatic heterocycles. The first-order valence-electron chi connectivity index (χ1n) is 12.0. The molecule has 0 unspecified atom stereocenters. The Hall–Kier alpha value is -3.95. The molecule has 6 rings (SSSR count).